The number of carbonyl (C=O) groups excluding carboxylic acids is 1. The lowest BCUT2D eigenvalue weighted by Gasteiger charge is -2.15. The highest BCUT2D eigenvalue weighted by Crippen LogP contribution is 2.28. The molecule has 0 aromatic heterocycles. The summed E-state index contributed by atoms with van der Waals surface area (Å²) in [5.41, 5.74) is 2.37. The molecular weight excluding hydrogens is 380 g/mol. The van der Waals surface area contributed by atoms with Crippen LogP contribution in [0.1, 0.15) is 17.5 Å². The molecule has 7 nitrogen and oxygen atoms in total. The Labute approximate surface area is 166 Å². The van der Waals surface area contributed by atoms with Crippen LogP contribution in [-0.2, 0) is 14.8 Å². The minimum atomic E-state index is -3.62. The van der Waals surface area contributed by atoms with E-state index in [-0.39, 0.29) is 23.8 Å². The minimum absolute atomic E-state index is 0.0697. The zero-order chi connectivity index (χ0) is 20.9. The number of nitrogens with one attached hydrogen (secondary N) is 1. The molecule has 0 atom stereocenters. The van der Waals surface area contributed by atoms with E-state index in [9.17, 15) is 13.2 Å². The van der Waals surface area contributed by atoms with Crippen LogP contribution >= 0.6 is 0 Å². The Balaban J connectivity index is 2.07. The van der Waals surface area contributed by atoms with Gasteiger partial charge in [0.05, 0.1) is 30.7 Å². The van der Waals surface area contributed by atoms with Crippen LogP contribution in [0.25, 0.3) is 0 Å². The first-order valence-electron chi connectivity index (χ1n) is 8.75. The number of benzene rings is 2. The van der Waals surface area contributed by atoms with E-state index in [0.29, 0.717) is 11.4 Å². The zero-order valence-corrected chi connectivity index (χ0v) is 17.6. The Morgan fingerprint density at radius 2 is 1.79 bits per heavy atom. The van der Waals surface area contributed by atoms with Crippen LogP contribution < -0.4 is 14.8 Å². The van der Waals surface area contributed by atoms with Crippen LogP contribution in [0, 0.1) is 13.8 Å². The topological polar surface area (TPSA) is 84.9 Å². The third-order valence-corrected chi connectivity index (χ3v) is 5.97. The Morgan fingerprint density at radius 3 is 2.43 bits per heavy atom. The second-order valence-corrected chi connectivity index (χ2v) is 8.72. The number of carbonyl (C=O) groups is 1. The van der Waals surface area contributed by atoms with Crippen molar-refractivity contribution in [3.63, 3.8) is 0 Å². The predicted octanol–water partition coefficient (Wildman–Crippen LogP) is 2.97. The van der Waals surface area contributed by atoms with Gasteiger partial charge >= 0.3 is 0 Å². The molecule has 152 valence electrons. The normalized spacial score (nSPS) is 11.4. The Hall–Kier alpha value is -2.58. The monoisotopic (exact) mass is 406 g/mol. The van der Waals surface area contributed by atoms with Crippen LogP contribution in [-0.4, -0.2) is 46.4 Å². The Kier molecular flexibility index (Phi) is 7.04. The average molecular weight is 407 g/mol. The van der Waals surface area contributed by atoms with Crippen LogP contribution in [0.3, 0.4) is 0 Å². The number of sulfonamides is 1. The highest BCUT2D eigenvalue weighted by Gasteiger charge is 2.19. The number of hydrogen-bond donors (Lipinski definition) is 1. The summed E-state index contributed by atoms with van der Waals surface area (Å²) in [6.07, 6.45) is 0.112. The molecule has 0 spiro atoms. The molecule has 28 heavy (non-hydrogen) atoms. The van der Waals surface area contributed by atoms with Crippen molar-refractivity contribution in [3.8, 4) is 11.5 Å². The highest BCUT2D eigenvalue weighted by atomic mass is 32.2. The third kappa shape index (κ3) is 5.24. The first kappa shape index (κ1) is 21.7. The number of hydrogen-bond acceptors (Lipinski definition) is 5. The van der Waals surface area contributed by atoms with E-state index in [1.54, 1.807) is 0 Å². The lowest BCUT2D eigenvalue weighted by atomic mass is 10.1. The largest absolute Gasteiger partial charge is 0.495 e. The molecule has 0 unspecified atom stereocenters. The molecule has 2 rings (SSSR count). The molecule has 0 aliphatic rings. The molecule has 0 saturated carbocycles. The number of anilines is 1. The van der Waals surface area contributed by atoms with Crippen LogP contribution in [0.5, 0.6) is 11.5 Å². The van der Waals surface area contributed by atoms with Gasteiger partial charge in [0.2, 0.25) is 15.9 Å². The molecule has 0 heterocycles. The van der Waals surface area contributed by atoms with Crippen molar-refractivity contribution in [1.29, 1.82) is 0 Å². The fourth-order valence-corrected chi connectivity index (χ4v) is 3.41. The second kappa shape index (κ2) is 9.07. The molecule has 2 aromatic carbocycles. The molecular formula is C20H26N2O5S. The smallest absolute Gasteiger partial charge is 0.242 e. The van der Waals surface area contributed by atoms with Gasteiger partial charge in [-0.15, -0.1) is 0 Å². The molecule has 0 radical (unpaired) electrons. The van der Waals surface area contributed by atoms with E-state index >= 15 is 0 Å². The Bertz CT molecular complexity index is 955. The number of aryl methyl sites for hydroxylation is 2. The van der Waals surface area contributed by atoms with Gasteiger partial charge in [0.15, 0.2) is 0 Å². The van der Waals surface area contributed by atoms with E-state index in [4.69, 9.17) is 9.47 Å². The summed E-state index contributed by atoms with van der Waals surface area (Å²) >= 11 is 0. The van der Waals surface area contributed by atoms with Gasteiger partial charge in [-0.1, -0.05) is 12.1 Å². The van der Waals surface area contributed by atoms with E-state index in [2.05, 4.69) is 5.32 Å². The third-order valence-electron chi connectivity index (χ3n) is 4.15. The summed E-state index contributed by atoms with van der Waals surface area (Å²) in [6, 6.07) is 10.2. The summed E-state index contributed by atoms with van der Waals surface area (Å²) in [4.78, 5) is 12.4. The zero-order valence-electron chi connectivity index (χ0n) is 16.8. The van der Waals surface area contributed by atoms with Gasteiger partial charge < -0.3 is 14.8 Å². The summed E-state index contributed by atoms with van der Waals surface area (Å²) in [7, 11) is 0.727. The van der Waals surface area contributed by atoms with E-state index < -0.39 is 10.0 Å². The van der Waals surface area contributed by atoms with Crippen molar-refractivity contribution in [2.75, 3.05) is 33.1 Å². The molecule has 0 bridgehead atoms. The number of rotatable bonds is 8. The first-order valence-corrected chi connectivity index (χ1v) is 10.2. The molecule has 0 fully saturated rings. The van der Waals surface area contributed by atoms with Gasteiger partial charge in [0, 0.05) is 14.1 Å². The van der Waals surface area contributed by atoms with Gasteiger partial charge in [0.25, 0.3) is 0 Å². The Morgan fingerprint density at radius 1 is 1.07 bits per heavy atom. The maximum atomic E-state index is 12.3. The van der Waals surface area contributed by atoms with E-state index in [0.717, 1.165) is 21.2 Å². The average Bonchev–Trinajstić information content (AvgIpc) is 2.64. The number of amides is 1. The number of nitrogens with zero attached hydrogens (tertiary/aromatic N) is 1. The lowest BCUT2D eigenvalue weighted by Crippen LogP contribution is -2.22. The van der Waals surface area contributed by atoms with Crippen molar-refractivity contribution in [3.05, 3.63) is 47.5 Å². The fourth-order valence-electron chi connectivity index (χ4n) is 2.49. The van der Waals surface area contributed by atoms with Gasteiger partial charge in [0.1, 0.15) is 11.5 Å². The SMILES string of the molecule is COc1ccc(S(=O)(=O)N(C)C)cc1NC(=O)CCOc1cc(C)ccc1C. The van der Waals surface area contributed by atoms with Crippen molar-refractivity contribution < 1.29 is 22.7 Å². The van der Waals surface area contributed by atoms with Crippen molar-refractivity contribution >= 4 is 21.6 Å². The van der Waals surface area contributed by atoms with Crippen LogP contribution in [0.2, 0.25) is 0 Å². The van der Waals surface area contributed by atoms with Crippen LogP contribution in [0.15, 0.2) is 41.3 Å². The predicted molar refractivity (Wildman–Crippen MR) is 109 cm³/mol. The summed E-state index contributed by atoms with van der Waals surface area (Å²) in [6.45, 7) is 4.12. The molecule has 0 aliphatic carbocycles. The summed E-state index contributed by atoms with van der Waals surface area (Å²) < 4.78 is 36.7. The molecule has 2 aromatic rings. The van der Waals surface area contributed by atoms with Gasteiger partial charge in [-0.25, -0.2) is 12.7 Å². The van der Waals surface area contributed by atoms with Crippen molar-refractivity contribution in [1.82, 2.24) is 4.31 Å². The number of methoxy groups -OCH3 is 1. The highest BCUT2D eigenvalue weighted by molar-refractivity contribution is 7.89. The standard InChI is InChI=1S/C20H26N2O5S/c1-14-6-7-15(2)19(12-14)27-11-10-20(23)21-17-13-16(8-9-18(17)26-5)28(24,25)22(3)4/h6-9,12-13H,10-11H2,1-5H3,(H,21,23). The summed E-state index contributed by atoms with van der Waals surface area (Å²) in [5, 5.41) is 2.70. The minimum Gasteiger partial charge on any atom is -0.495 e. The second-order valence-electron chi connectivity index (χ2n) is 6.57. The van der Waals surface area contributed by atoms with Crippen molar-refractivity contribution in [2.45, 2.75) is 25.2 Å². The van der Waals surface area contributed by atoms with E-state index in [1.165, 1.54) is 39.4 Å². The maximum absolute atomic E-state index is 12.3. The lowest BCUT2D eigenvalue weighted by molar-refractivity contribution is -0.116. The maximum Gasteiger partial charge on any atom is 0.242 e. The van der Waals surface area contributed by atoms with Gasteiger partial charge in [-0.2, -0.15) is 0 Å². The molecule has 0 saturated heterocycles. The molecule has 0 aliphatic heterocycles. The van der Waals surface area contributed by atoms with E-state index in [1.807, 2.05) is 32.0 Å². The van der Waals surface area contributed by atoms with Crippen LogP contribution in [0.4, 0.5) is 5.69 Å². The fraction of sp³-hybridized carbons (Fsp3) is 0.350. The molecule has 1 N–H and O–H groups in total. The first-order chi connectivity index (χ1) is 13.1. The summed E-state index contributed by atoms with van der Waals surface area (Å²) in [5.74, 6) is 0.814. The number of ether oxygens (including phenoxy) is 2. The molecule has 1 amide bonds. The van der Waals surface area contributed by atoms with Crippen molar-refractivity contribution in [2.24, 2.45) is 0 Å². The van der Waals surface area contributed by atoms with Gasteiger partial charge in [-0.3, -0.25) is 4.79 Å². The quantitative estimate of drug-likeness (QED) is 0.729. The molecule has 8 heteroatoms. The van der Waals surface area contributed by atoms with Gasteiger partial charge in [-0.05, 0) is 49.2 Å².